The SMILES string of the molecule is CC(C)(C)OC(=O)NC[C@H](F)C[P+](=O)O. The molecule has 1 unspecified atom stereocenters. The van der Waals surface area contributed by atoms with Crippen LogP contribution in [0.15, 0.2) is 0 Å². The molecule has 2 atom stereocenters. The van der Waals surface area contributed by atoms with Gasteiger partial charge in [0, 0.05) is 0 Å². The van der Waals surface area contributed by atoms with Crippen molar-refractivity contribution in [3.63, 3.8) is 0 Å². The Bertz CT molecular complexity index is 241. The van der Waals surface area contributed by atoms with E-state index in [1.807, 2.05) is 0 Å². The van der Waals surface area contributed by atoms with Crippen molar-refractivity contribution in [3.05, 3.63) is 0 Å². The predicted molar refractivity (Wildman–Crippen MR) is 53.8 cm³/mol. The molecule has 88 valence electrons. The number of hydrogen-bond acceptors (Lipinski definition) is 3. The molecule has 7 heteroatoms. The average molecular weight is 240 g/mol. The normalized spacial score (nSPS) is 14.3. The fourth-order valence-electron chi connectivity index (χ4n) is 0.742. The largest absolute Gasteiger partial charge is 0.508 e. The molecule has 0 aromatic rings. The number of hydrogen-bond donors (Lipinski definition) is 2. The minimum Gasteiger partial charge on any atom is -0.444 e. The van der Waals surface area contributed by atoms with Crippen LogP contribution < -0.4 is 5.32 Å². The van der Waals surface area contributed by atoms with Crippen LogP contribution in [0.4, 0.5) is 9.18 Å². The van der Waals surface area contributed by atoms with Gasteiger partial charge < -0.3 is 10.1 Å². The number of amides is 1. The average Bonchev–Trinajstić information content (AvgIpc) is 1.96. The molecule has 0 aliphatic carbocycles. The third-order valence-corrected chi connectivity index (χ3v) is 1.93. The molecule has 0 aromatic heterocycles. The summed E-state index contributed by atoms with van der Waals surface area (Å²) in [5, 5.41) is 2.17. The Morgan fingerprint density at radius 1 is 1.60 bits per heavy atom. The van der Waals surface area contributed by atoms with Gasteiger partial charge in [0.15, 0.2) is 6.17 Å². The number of nitrogens with one attached hydrogen (secondary N) is 1. The second kappa shape index (κ2) is 5.98. The van der Waals surface area contributed by atoms with E-state index in [0.717, 1.165) is 0 Å². The molecule has 0 spiro atoms. The second-order valence-electron chi connectivity index (χ2n) is 4.01. The molecular weight excluding hydrogens is 224 g/mol. The quantitative estimate of drug-likeness (QED) is 0.731. The molecule has 2 N–H and O–H groups in total. The number of alkyl carbamates (subject to hydrolysis) is 1. The third-order valence-electron chi connectivity index (χ3n) is 1.22. The minimum absolute atomic E-state index is 0.323. The Kier molecular flexibility index (Phi) is 5.68. The van der Waals surface area contributed by atoms with Gasteiger partial charge in [0.25, 0.3) is 0 Å². The number of alkyl halides is 1. The van der Waals surface area contributed by atoms with Crippen LogP contribution in [-0.4, -0.2) is 35.5 Å². The smallest absolute Gasteiger partial charge is 0.444 e. The molecule has 15 heavy (non-hydrogen) atoms. The predicted octanol–water partition coefficient (Wildman–Crippen LogP) is 1.58. The molecule has 0 saturated heterocycles. The maximum absolute atomic E-state index is 12.8. The van der Waals surface area contributed by atoms with Crippen LogP contribution >= 0.6 is 8.03 Å². The van der Waals surface area contributed by atoms with Gasteiger partial charge in [-0.2, -0.15) is 4.89 Å². The van der Waals surface area contributed by atoms with E-state index in [2.05, 4.69) is 5.32 Å². The van der Waals surface area contributed by atoms with Crippen LogP contribution in [0, 0.1) is 0 Å². The zero-order chi connectivity index (χ0) is 12.1. The van der Waals surface area contributed by atoms with Crippen molar-refractivity contribution in [1.29, 1.82) is 0 Å². The molecule has 0 aliphatic heterocycles. The van der Waals surface area contributed by atoms with E-state index < -0.39 is 32.1 Å². The van der Waals surface area contributed by atoms with E-state index in [1.54, 1.807) is 20.8 Å². The first-order valence-electron chi connectivity index (χ1n) is 4.45. The summed E-state index contributed by atoms with van der Waals surface area (Å²) in [6, 6.07) is 0. The molecule has 5 nitrogen and oxygen atoms in total. The maximum atomic E-state index is 12.8. The van der Waals surface area contributed by atoms with Gasteiger partial charge in [-0.05, 0) is 25.3 Å². The fourth-order valence-corrected chi connectivity index (χ4v) is 1.21. The van der Waals surface area contributed by atoms with E-state index in [0.29, 0.717) is 0 Å². The summed E-state index contributed by atoms with van der Waals surface area (Å²) in [7, 11) is -2.51. The van der Waals surface area contributed by atoms with E-state index in [4.69, 9.17) is 9.63 Å². The highest BCUT2D eigenvalue weighted by Crippen LogP contribution is 2.15. The lowest BCUT2D eigenvalue weighted by Crippen LogP contribution is -2.36. The molecule has 1 amide bonds. The first-order valence-corrected chi connectivity index (χ1v) is 5.85. The van der Waals surface area contributed by atoms with E-state index >= 15 is 0 Å². The molecule has 0 bridgehead atoms. The highest BCUT2D eigenvalue weighted by Gasteiger charge is 2.22. The number of carbonyl (C=O) groups is 1. The summed E-state index contributed by atoms with van der Waals surface area (Å²) >= 11 is 0. The monoisotopic (exact) mass is 240 g/mol. The van der Waals surface area contributed by atoms with Crippen LogP contribution in [0.2, 0.25) is 0 Å². The van der Waals surface area contributed by atoms with E-state index in [1.165, 1.54) is 0 Å². The zero-order valence-electron chi connectivity index (χ0n) is 8.99. The van der Waals surface area contributed by atoms with Crippen molar-refractivity contribution < 1.29 is 23.4 Å². The number of rotatable bonds is 4. The van der Waals surface area contributed by atoms with Crippen molar-refractivity contribution in [2.75, 3.05) is 12.7 Å². The van der Waals surface area contributed by atoms with Crippen LogP contribution in [0.3, 0.4) is 0 Å². The topological polar surface area (TPSA) is 75.6 Å². The third kappa shape index (κ3) is 9.56. The standard InChI is InChI=1S/C8H15FNO4P/c1-8(2,3)14-7(11)10-4-6(9)5-15(12)13/h6H,4-5H2,1-3H3,(H-,10,11,12,13)/p+1/t6-/m0/s1. The summed E-state index contributed by atoms with van der Waals surface area (Å²) in [4.78, 5) is 19.4. The van der Waals surface area contributed by atoms with Gasteiger partial charge in [0.05, 0.1) is 6.54 Å². The Morgan fingerprint density at radius 3 is 2.53 bits per heavy atom. The summed E-state index contributed by atoms with van der Waals surface area (Å²) < 4.78 is 27.9. The van der Waals surface area contributed by atoms with Gasteiger partial charge in [-0.25, -0.2) is 9.18 Å². The Balaban J connectivity index is 3.76. The zero-order valence-corrected chi connectivity index (χ0v) is 9.88. The Labute approximate surface area is 88.9 Å². The van der Waals surface area contributed by atoms with E-state index in [-0.39, 0.29) is 6.54 Å². The van der Waals surface area contributed by atoms with E-state index in [9.17, 15) is 13.8 Å². The molecule has 0 aliphatic rings. The highest BCUT2D eigenvalue weighted by atomic mass is 31.1. The number of ether oxygens (including phenoxy) is 1. The second-order valence-corrected chi connectivity index (χ2v) is 5.08. The molecule has 0 heterocycles. The Morgan fingerprint density at radius 2 is 2.13 bits per heavy atom. The van der Waals surface area contributed by atoms with Crippen LogP contribution in [-0.2, 0) is 9.30 Å². The fraction of sp³-hybridized carbons (Fsp3) is 0.875. The Hall–Kier alpha value is -0.740. The van der Waals surface area contributed by atoms with Gasteiger partial charge in [0.1, 0.15) is 5.60 Å². The number of carbonyl (C=O) groups excluding carboxylic acids is 1. The minimum atomic E-state index is -2.51. The first-order chi connectivity index (χ1) is 6.70. The van der Waals surface area contributed by atoms with Crippen LogP contribution in [0.25, 0.3) is 0 Å². The summed E-state index contributed by atoms with van der Waals surface area (Å²) in [6.07, 6.45) is -2.75. The lowest BCUT2D eigenvalue weighted by Gasteiger charge is -2.19. The summed E-state index contributed by atoms with van der Waals surface area (Å²) in [6.45, 7) is 4.73. The van der Waals surface area contributed by atoms with Gasteiger partial charge in [0.2, 0.25) is 6.16 Å². The van der Waals surface area contributed by atoms with Crippen LogP contribution in [0.1, 0.15) is 20.8 Å². The molecule has 0 saturated carbocycles. The molecule has 0 aromatic carbocycles. The van der Waals surface area contributed by atoms with Crippen molar-refractivity contribution in [2.45, 2.75) is 32.5 Å². The molecule has 0 rings (SSSR count). The van der Waals surface area contributed by atoms with Crippen LogP contribution in [0.5, 0.6) is 0 Å². The van der Waals surface area contributed by atoms with Crippen molar-refractivity contribution in [3.8, 4) is 0 Å². The molecule has 0 radical (unpaired) electrons. The number of halogens is 1. The summed E-state index contributed by atoms with van der Waals surface area (Å²) in [5.74, 6) is 0. The van der Waals surface area contributed by atoms with Gasteiger partial charge in [-0.1, -0.05) is 0 Å². The van der Waals surface area contributed by atoms with Crippen molar-refractivity contribution in [1.82, 2.24) is 5.32 Å². The lowest BCUT2D eigenvalue weighted by atomic mass is 10.2. The van der Waals surface area contributed by atoms with Crippen molar-refractivity contribution >= 4 is 14.1 Å². The lowest BCUT2D eigenvalue weighted by molar-refractivity contribution is 0.0515. The molecule has 0 fully saturated rings. The van der Waals surface area contributed by atoms with Gasteiger partial charge in [-0.3, -0.25) is 0 Å². The maximum Gasteiger partial charge on any atom is 0.508 e. The van der Waals surface area contributed by atoms with Gasteiger partial charge >= 0.3 is 14.1 Å². The summed E-state index contributed by atoms with van der Waals surface area (Å²) in [5.41, 5.74) is -0.641. The molecular formula is C8H16FNO4P+. The van der Waals surface area contributed by atoms with Gasteiger partial charge in [-0.15, -0.1) is 0 Å². The highest BCUT2D eigenvalue weighted by molar-refractivity contribution is 7.38. The first kappa shape index (κ1) is 14.3. The van der Waals surface area contributed by atoms with Crippen molar-refractivity contribution in [2.24, 2.45) is 0 Å².